The van der Waals surface area contributed by atoms with Crippen molar-refractivity contribution < 1.29 is 17.9 Å². The highest BCUT2D eigenvalue weighted by molar-refractivity contribution is 7.89. The summed E-state index contributed by atoms with van der Waals surface area (Å²) in [6, 6.07) is 13.2. The Morgan fingerprint density at radius 3 is 2.42 bits per heavy atom. The van der Waals surface area contributed by atoms with Crippen LogP contribution in [-0.2, 0) is 14.8 Å². The predicted octanol–water partition coefficient (Wildman–Crippen LogP) is 3.21. The van der Waals surface area contributed by atoms with Crippen LogP contribution in [0.4, 0.5) is 0 Å². The lowest BCUT2D eigenvalue weighted by atomic mass is 10.0. The number of rotatable bonds is 6. The Labute approximate surface area is 142 Å². The van der Waals surface area contributed by atoms with Gasteiger partial charge in [-0.25, -0.2) is 17.9 Å². The average Bonchev–Trinajstić information content (AvgIpc) is 2.60. The summed E-state index contributed by atoms with van der Waals surface area (Å²) < 4.78 is 32.6. The van der Waals surface area contributed by atoms with E-state index in [2.05, 4.69) is 9.46 Å². The molecule has 1 N–H and O–H groups in total. The van der Waals surface area contributed by atoms with Crippen molar-refractivity contribution in [2.24, 2.45) is 0 Å². The standard InChI is InChI=1S/C18H21NO4S/c1-4-17(14-10-8-13(2)9-11-14)19-24(21,22)16-7-5-6-15(12-16)18(20)23-3/h5-12,17,19H,4H2,1-3H3/t17-/m0/s1. The van der Waals surface area contributed by atoms with Gasteiger partial charge in [0.15, 0.2) is 0 Å². The van der Waals surface area contributed by atoms with Crippen LogP contribution in [0.2, 0.25) is 0 Å². The van der Waals surface area contributed by atoms with Gasteiger partial charge in [-0.3, -0.25) is 0 Å². The Bertz CT molecular complexity index is 813. The molecule has 128 valence electrons. The Morgan fingerprint density at radius 1 is 1.17 bits per heavy atom. The van der Waals surface area contributed by atoms with Crippen molar-refractivity contribution in [3.63, 3.8) is 0 Å². The summed E-state index contributed by atoms with van der Waals surface area (Å²) >= 11 is 0. The lowest BCUT2D eigenvalue weighted by Gasteiger charge is -2.18. The van der Waals surface area contributed by atoms with Crippen molar-refractivity contribution in [2.75, 3.05) is 7.11 Å². The normalized spacial score (nSPS) is 12.6. The molecule has 6 heteroatoms. The van der Waals surface area contributed by atoms with Crippen molar-refractivity contribution in [3.8, 4) is 0 Å². The zero-order chi connectivity index (χ0) is 17.7. The molecule has 0 fully saturated rings. The fraction of sp³-hybridized carbons (Fsp3) is 0.278. The molecule has 0 aromatic heterocycles. The maximum absolute atomic E-state index is 12.6. The lowest BCUT2D eigenvalue weighted by Crippen LogP contribution is -2.28. The maximum Gasteiger partial charge on any atom is 0.337 e. The molecular weight excluding hydrogens is 326 g/mol. The molecule has 0 aliphatic rings. The van der Waals surface area contributed by atoms with Crippen LogP contribution in [0.5, 0.6) is 0 Å². The third-order valence-corrected chi connectivity index (χ3v) is 5.22. The first-order valence-corrected chi connectivity index (χ1v) is 9.13. The first-order valence-electron chi connectivity index (χ1n) is 7.64. The van der Waals surface area contributed by atoms with E-state index in [1.165, 1.54) is 31.4 Å². The second-order valence-corrected chi connectivity index (χ2v) is 7.23. The minimum atomic E-state index is -3.75. The summed E-state index contributed by atoms with van der Waals surface area (Å²) in [6.07, 6.45) is 0.610. The molecule has 0 aliphatic carbocycles. The van der Waals surface area contributed by atoms with Crippen molar-refractivity contribution >= 4 is 16.0 Å². The van der Waals surface area contributed by atoms with Crippen LogP contribution in [0.1, 0.15) is 40.9 Å². The molecule has 0 amide bonds. The number of nitrogens with one attached hydrogen (secondary N) is 1. The van der Waals surface area contributed by atoms with Crippen LogP contribution < -0.4 is 4.72 Å². The third-order valence-electron chi connectivity index (χ3n) is 3.75. The first kappa shape index (κ1) is 18.2. The number of esters is 1. The highest BCUT2D eigenvalue weighted by Crippen LogP contribution is 2.21. The second-order valence-electron chi connectivity index (χ2n) is 5.51. The van der Waals surface area contributed by atoms with Gasteiger partial charge in [0.1, 0.15) is 0 Å². The molecule has 0 aliphatic heterocycles. The molecule has 2 aromatic rings. The molecule has 2 rings (SSSR count). The van der Waals surface area contributed by atoms with Crippen molar-refractivity contribution in [1.29, 1.82) is 0 Å². The highest BCUT2D eigenvalue weighted by atomic mass is 32.2. The summed E-state index contributed by atoms with van der Waals surface area (Å²) in [4.78, 5) is 11.6. The van der Waals surface area contributed by atoms with E-state index in [1.54, 1.807) is 0 Å². The SMILES string of the molecule is CC[C@H](NS(=O)(=O)c1cccc(C(=O)OC)c1)c1ccc(C)cc1. The zero-order valence-electron chi connectivity index (χ0n) is 13.9. The van der Waals surface area contributed by atoms with Gasteiger partial charge < -0.3 is 4.74 Å². The Kier molecular flexibility index (Phi) is 5.75. The molecule has 24 heavy (non-hydrogen) atoms. The Balaban J connectivity index is 2.29. The second kappa shape index (κ2) is 7.59. The molecule has 0 spiro atoms. The average molecular weight is 347 g/mol. The minimum Gasteiger partial charge on any atom is -0.465 e. The quantitative estimate of drug-likeness (QED) is 0.815. The topological polar surface area (TPSA) is 72.5 Å². The number of hydrogen-bond acceptors (Lipinski definition) is 4. The van der Waals surface area contributed by atoms with Gasteiger partial charge in [0.05, 0.1) is 17.6 Å². The van der Waals surface area contributed by atoms with Gasteiger partial charge in [0, 0.05) is 6.04 Å². The van der Waals surface area contributed by atoms with E-state index in [4.69, 9.17) is 0 Å². The molecule has 1 atom stereocenters. The van der Waals surface area contributed by atoms with Gasteiger partial charge in [0.2, 0.25) is 10.0 Å². The summed E-state index contributed by atoms with van der Waals surface area (Å²) in [5.74, 6) is -0.572. The van der Waals surface area contributed by atoms with E-state index < -0.39 is 16.0 Å². The summed E-state index contributed by atoms with van der Waals surface area (Å²) in [5, 5.41) is 0. The monoisotopic (exact) mass is 347 g/mol. The highest BCUT2D eigenvalue weighted by Gasteiger charge is 2.21. The molecule has 2 aromatic carbocycles. The summed E-state index contributed by atoms with van der Waals surface area (Å²) in [5.41, 5.74) is 2.21. The van der Waals surface area contributed by atoms with Crippen LogP contribution in [0.25, 0.3) is 0 Å². The minimum absolute atomic E-state index is 0.0379. The molecule has 0 unspecified atom stereocenters. The number of benzene rings is 2. The number of sulfonamides is 1. The van der Waals surface area contributed by atoms with Crippen molar-refractivity contribution in [1.82, 2.24) is 4.72 Å². The van der Waals surface area contributed by atoms with E-state index in [0.29, 0.717) is 6.42 Å². The van der Waals surface area contributed by atoms with E-state index in [-0.39, 0.29) is 16.5 Å². The third kappa shape index (κ3) is 4.21. The van der Waals surface area contributed by atoms with Gasteiger partial charge in [-0.05, 0) is 37.1 Å². The van der Waals surface area contributed by atoms with E-state index in [0.717, 1.165) is 11.1 Å². The van der Waals surface area contributed by atoms with Crippen LogP contribution in [-0.4, -0.2) is 21.5 Å². The van der Waals surface area contributed by atoms with Crippen molar-refractivity contribution in [3.05, 3.63) is 65.2 Å². The molecule has 0 bridgehead atoms. The fourth-order valence-corrected chi connectivity index (χ4v) is 3.70. The summed E-state index contributed by atoms with van der Waals surface area (Å²) in [6.45, 7) is 3.89. The van der Waals surface area contributed by atoms with Crippen LogP contribution in [0.3, 0.4) is 0 Å². The molecule has 0 radical (unpaired) electrons. The number of hydrogen-bond donors (Lipinski definition) is 1. The number of carbonyl (C=O) groups is 1. The van der Waals surface area contributed by atoms with E-state index in [1.807, 2.05) is 38.1 Å². The van der Waals surface area contributed by atoms with Gasteiger partial charge in [-0.1, -0.05) is 42.8 Å². The largest absolute Gasteiger partial charge is 0.465 e. The Hall–Kier alpha value is -2.18. The van der Waals surface area contributed by atoms with Gasteiger partial charge in [-0.2, -0.15) is 0 Å². The van der Waals surface area contributed by atoms with Gasteiger partial charge >= 0.3 is 5.97 Å². The predicted molar refractivity (Wildman–Crippen MR) is 92.3 cm³/mol. The maximum atomic E-state index is 12.6. The van der Waals surface area contributed by atoms with Gasteiger partial charge in [0.25, 0.3) is 0 Å². The summed E-state index contributed by atoms with van der Waals surface area (Å²) in [7, 11) is -2.50. The molecule has 0 heterocycles. The van der Waals surface area contributed by atoms with Gasteiger partial charge in [-0.15, -0.1) is 0 Å². The molecule has 0 saturated carbocycles. The smallest absolute Gasteiger partial charge is 0.337 e. The van der Waals surface area contributed by atoms with Crippen molar-refractivity contribution in [2.45, 2.75) is 31.2 Å². The molecule has 5 nitrogen and oxygen atoms in total. The van der Waals surface area contributed by atoms with E-state index >= 15 is 0 Å². The van der Waals surface area contributed by atoms with Crippen LogP contribution in [0.15, 0.2) is 53.4 Å². The Morgan fingerprint density at radius 2 is 1.83 bits per heavy atom. The van der Waals surface area contributed by atoms with Crippen LogP contribution in [0, 0.1) is 6.92 Å². The number of methoxy groups -OCH3 is 1. The first-order chi connectivity index (χ1) is 11.4. The lowest BCUT2D eigenvalue weighted by molar-refractivity contribution is 0.0600. The fourth-order valence-electron chi connectivity index (χ4n) is 2.35. The van der Waals surface area contributed by atoms with E-state index in [9.17, 15) is 13.2 Å². The zero-order valence-corrected chi connectivity index (χ0v) is 14.8. The molecule has 0 saturated heterocycles. The molecular formula is C18H21NO4S. The number of aryl methyl sites for hydroxylation is 1. The number of carbonyl (C=O) groups excluding carboxylic acids is 1. The number of ether oxygens (including phenoxy) is 1. The van der Waals surface area contributed by atoms with Crippen LogP contribution >= 0.6 is 0 Å².